The van der Waals surface area contributed by atoms with Gasteiger partial charge in [-0.25, -0.2) is 4.98 Å². The predicted molar refractivity (Wildman–Crippen MR) is 63.5 cm³/mol. The lowest BCUT2D eigenvalue weighted by atomic mass is 10.3. The molecule has 0 aliphatic heterocycles. The molecular weight excluding hydrogens is 194 g/mol. The van der Waals surface area contributed by atoms with Crippen LogP contribution in [-0.4, -0.2) is 23.1 Å². The van der Waals surface area contributed by atoms with Crippen LogP contribution in [0.4, 0.5) is 5.82 Å². The summed E-state index contributed by atoms with van der Waals surface area (Å²) in [6.45, 7) is 3.84. The molecule has 0 aliphatic carbocycles. The van der Waals surface area contributed by atoms with Gasteiger partial charge >= 0.3 is 0 Å². The number of nitrogens with two attached hydrogens (primary N) is 1. The summed E-state index contributed by atoms with van der Waals surface area (Å²) >= 11 is 4.84. The molecule has 4 heteroatoms. The fourth-order valence-electron chi connectivity index (χ4n) is 1.22. The highest BCUT2D eigenvalue weighted by Crippen LogP contribution is 2.08. The lowest BCUT2D eigenvalue weighted by Gasteiger charge is -2.21. The Hall–Kier alpha value is -1.16. The topological polar surface area (TPSA) is 42.1 Å². The van der Waals surface area contributed by atoms with Crippen molar-refractivity contribution >= 4 is 23.0 Å². The summed E-state index contributed by atoms with van der Waals surface area (Å²) in [5.74, 6) is 0.978. The highest BCUT2D eigenvalue weighted by Gasteiger charge is 2.04. The normalized spacial score (nSPS) is 9.79. The third-order valence-electron chi connectivity index (χ3n) is 1.98. The van der Waals surface area contributed by atoms with Crippen LogP contribution in [0.3, 0.4) is 0 Å². The van der Waals surface area contributed by atoms with E-state index in [0.29, 0.717) is 4.99 Å². The predicted octanol–water partition coefficient (Wildman–Crippen LogP) is 1.58. The van der Waals surface area contributed by atoms with Crippen LogP contribution in [0.5, 0.6) is 0 Å². The minimum atomic E-state index is 0.555. The lowest BCUT2D eigenvalue weighted by Crippen LogP contribution is -2.27. The van der Waals surface area contributed by atoms with Gasteiger partial charge in [0.05, 0.1) is 4.99 Å². The standard InChI is InChI=1S/C10H15N3S/c1-2-13(8-6-9(11)14)10-5-3-4-7-12-10/h3-5,7H,2,6,8H2,1H3,(H2,11,14). The van der Waals surface area contributed by atoms with Crippen molar-refractivity contribution in [3.8, 4) is 0 Å². The number of thiocarbonyl (C=S) groups is 1. The molecule has 0 radical (unpaired) electrons. The Kier molecular flexibility index (Phi) is 4.32. The molecule has 1 aromatic heterocycles. The first-order chi connectivity index (χ1) is 6.74. The number of hydrogen-bond donors (Lipinski definition) is 1. The zero-order valence-electron chi connectivity index (χ0n) is 8.31. The van der Waals surface area contributed by atoms with Gasteiger partial charge in [0.2, 0.25) is 0 Å². The second-order valence-corrected chi connectivity index (χ2v) is 3.51. The Morgan fingerprint density at radius 3 is 2.86 bits per heavy atom. The van der Waals surface area contributed by atoms with Crippen molar-refractivity contribution in [3.63, 3.8) is 0 Å². The summed E-state index contributed by atoms with van der Waals surface area (Å²) in [5.41, 5.74) is 5.46. The Labute approximate surface area is 89.9 Å². The van der Waals surface area contributed by atoms with E-state index in [0.717, 1.165) is 25.3 Å². The second kappa shape index (κ2) is 5.54. The summed E-state index contributed by atoms with van der Waals surface area (Å²) in [6, 6.07) is 5.87. The molecule has 76 valence electrons. The molecule has 0 atom stereocenters. The Morgan fingerprint density at radius 2 is 2.36 bits per heavy atom. The van der Waals surface area contributed by atoms with Gasteiger partial charge in [0, 0.05) is 25.7 Å². The number of rotatable bonds is 5. The number of anilines is 1. The minimum absolute atomic E-state index is 0.555. The maximum atomic E-state index is 5.46. The average molecular weight is 209 g/mol. The van der Waals surface area contributed by atoms with Crippen molar-refractivity contribution < 1.29 is 0 Å². The highest BCUT2D eigenvalue weighted by atomic mass is 32.1. The van der Waals surface area contributed by atoms with E-state index < -0.39 is 0 Å². The van der Waals surface area contributed by atoms with Gasteiger partial charge in [-0.3, -0.25) is 0 Å². The van der Waals surface area contributed by atoms with Gasteiger partial charge < -0.3 is 10.6 Å². The highest BCUT2D eigenvalue weighted by molar-refractivity contribution is 7.80. The fourth-order valence-corrected chi connectivity index (χ4v) is 1.31. The van der Waals surface area contributed by atoms with E-state index in [1.165, 1.54) is 0 Å². The van der Waals surface area contributed by atoms with Gasteiger partial charge in [0.1, 0.15) is 5.82 Å². The molecule has 14 heavy (non-hydrogen) atoms. The molecule has 2 N–H and O–H groups in total. The second-order valence-electron chi connectivity index (χ2n) is 2.98. The molecule has 0 saturated carbocycles. The Bertz CT molecular complexity index is 287. The van der Waals surface area contributed by atoms with E-state index in [2.05, 4.69) is 16.8 Å². The van der Waals surface area contributed by atoms with Crippen molar-refractivity contribution in [3.05, 3.63) is 24.4 Å². The van der Waals surface area contributed by atoms with Gasteiger partial charge in [-0.15, -0.1) is 0 Å². The van der Waals surface area contributed by atoms with Gasteiger partial charge in [-0.1, -0.05) is 18.3 Å². The maximum Gasteiger partial charge on any atom is 0.128 e. The number of hydrogen-bond acceptors (Lipinski definition) is 3. The van der Waals surface area contributed by atoms with E-state index in [4.69, 9.17) is 18.0 Å². The van der Waals surface area contributed by atoms with Gasteiger partial charge in [-0.05, 0) is 19.1 Å². The molecule has 0 aromatic carbocycles. The Morgan fingerprint density at radius 1 is 1.57 bits per heavy atom. The largest absolute Gasteiger partial charge is 0.393 e. The molecule has 1 heterocycles. The summed E-state index contributed by atoms with van der Waals surface area (Å²) < 4.78 is 0. The monoisotopic (exact) mass is 209 g/mol. The molecule has 0 spiro atoms. The van der Waals surface area contributed by atoms with Crippen LogP contribution in [-0.2, 0) is 0 Å². The molecule has 0 fully saturated rings. The molecular formula is C10H15N3S. The van der Waals surface area contributed by atoms with Crippen molar-refractivity contribution in [1.29, 1.82) is 0 Å². The van der Waals surface area contributed by atoms with E-state index in [1.807, 2.05) is 18.2 Å². The van der Waals surface area contributed by atoms with Crippen LogP contribution in [0, 0.1) is 0 Å². The number of pyridine rings is 1. The van der Waals surface area contributed by atoms with Gasteiger partial charge in [0.25, 0.3) is 0 Å². The third-order valence-corrected chi connectivity index (χ3v) is 2.19. The third kappa shape index (κ3) is 3.30. The first-order valence-corrected chi connectivity index (χ1v) is 5.09. The lowest BCUT2D eigenvalue weighted by molar-refractivity contribution is 0.820. The minimum Gasteiger partial charge on any atom is -0.393 e. The first kappa shape index (κ1) is 10.9. The van der Waals surface area contributed by atoms with Crippen molar-refractivity contribution in [2.45, 2.75) is 13.3 Å². The molecule has 0 amide bonds. The van der Waals surface area contributed by atoms with E-state index >= 15 is 0 Å². The molecule has 0 unspecified atom stereocenters. The van der Waals surface area contributed by atoms with Crippen LogP contribution < -0.4 is 10.6 Å². The average Bonchev–Trinajstić information content (AvgIpc) is 2.20. The summed E-state index contributed by atoms with van der Waals surface area (Å²) in [4.78, 5) is 6.98. The first-order valence-electron chi connectivity index (χ1n) is 4.68. The smallest absolute Gasteiger partial charge is 0.128 e. The maximum absolute atomic E-state index is 5.46. The van der Waals surface area contributed by atoms with Crippen LogP contribution in [0.15, 0.2) is 24.4 Å². The summed E-state index contributed by atoms with van der Waals surface area (Å²) in [6.07, 6.45) is 2.53. The van der Waals surface area contributed by atoms with Gasteiger partial charge in [-0.2, -0.15) is 0 Å². The SMILES string of the molecule is CCN(CCC(N)=S)c1ccccn1. The van der Waals surface area contributed by atoms with E-state index in [9.17, 15) is 0 Å². The molecule has 1 aromatic rings. The molecule has 0 aliphatic rings. The fraction of sp³-hybridized carbons (Fsp3) is 0.400. The van der Waals surface area contributed by atoms with Crippen LogP contribution >= 0.6 is 12.2 Å². The quantitative estimate of drug-likeness (QED) is 0.748. The van der Waals surface area contributed by atoms with Crippen LogP contribution in [0.25, 0.3) is 0 Å². The number of aromatic nitrogens is 1. The zero-order chi connectivity index (χ0) is 10.4. The molecule has 3 nitrogen and oxygen atoms in total. The van der Waals surface area contributed by atoms with Crippen LogP contribution in [0.1, 0.15) is 13.3 Å². The van der Waals surface area contributed by atoms with Crippen molar-refractivity contribution in [1.82, 2.24) is 4.98 Å². The molecule has 0 saturated heterocycles. The van der Waals surface area contributed by atoms with Gasteiger partial charge in [0.15, 0.2) is 0 Å². The molecule has 1 rings (SSSR count). The van der Waals surface area contributed by atoms with E-state index in [-0.39, 0.29) is 0 Å². The summed E-state index contributed by atoms with van der Waals surface area (Å²) in [5, 5.41) is 0. The number of nitrogens with zero attached hydrogens (tertiary/aromatic N) is 2. The Balaban J connectivity index is 2.58. The summed E-state index contributed by atoms with van der Waals surface area (Å²) in [7, 11) is 0. The van der Waals surface area contributed by atoms with E-state index in [1.54, 1.807) is 6.20 Å². The molecule has 0 bridgehead atoms. The van der Waals surface area contributed by atoms with Crippen LogP contribution in [0.2, 0.25) is 0 Å². The van der Waals surface area contributed by atoms with Crippen molar-refractivity contribution in [2.75, 3.05) is 18.0 Å². The zero-order valence-corrected chi connectivity index (χ0v) is 9.13. The van der Waals surface area contributed by atoms with Crippen molar-refractivity contribution in [2.24, 2.45) is 5.73 Å².